The van der Waals surface area contributed by atoms with Crippen LogP contribution in [0.15, 0.2) is 54.6 Å². The summed E-state index contributed by atoms with van der Waals surface area (Å²) in [6.45, 7) is 10.4. The SMILES string of the molecule is CCCC1c2cc(C)cc(C)c2OP(=O)(c2ccccc2)Oc2c(C)cc(C)cc21. The van der Waals surface area contributed by atoms with E-state index in [1.54, 1.807) is 0 Å². The minimum absolute atomic E-state index is 0.127. The van der Waals surface area contributed by atoms with Crippen molar-refractivity contribution in [2.45, 2.75) is 53.4 Å². The Kier molecular flexibility index (Phi) is 5.51. The average Bonchev–Trinajstić information content (AvgIpc) is 2.70. The molecule has 1 heterocycles. The quantitative estimate of drug-likeness (QED) is 0.422. The van der Waals surface area contributed by atoms with E-state index in [9.17, 15) is 4.57 Å². The molecule has 0 aromatic heterocycles. The van der Waals surface area contributed by atoms with E-state index in [1.807, 2.05) is 44.2 Å². The summed E-state index contributed by atoms with van der Waals surface area (Å²) in [5, 5.41) is 0.566. The number of hydrogen-bond acceptors (Lipinski definition) is 3. The van der Waals surface area contributed by atoms with Crippen LogP contribution in [0.5, 0.6) is 11.5 Å². The molecule has 30 heavy (non-hydrogen) atoms. The zero-order chi connectivity index (χ0) is 21.5. The van der Waals surface area contributed by atoms with Crippen molar-refractivity contribution in [2.75, 3.05) is 0 Å². The first kappa shape index (κ1) is 20.8. The fraction of sp³-hybridized carbons (Fsp3) is 0.308. The topological polar surface area (TPSA) is 35.5 Å². The van der Waals surface area contributed by atoms with Crippen molar-refractivity contribution in [1.82, 2.24) is 0 Å². The summed E-state index contributed by atoms with van der Waals surface area (Å²) in [6.07, 6.45) is 1.99. The smallest absolute Gasteiger partial charge is 0.412 e. The zero-order valence-electron chi connectivity index (χ0n) is 18.4. The standard InChI is InChI=1S/C26H29O3P/c1-6-10-22-23-15-17(2)13-19(4)25(23)28-30(27,21-11-8-7-9-12-21)29-26-20(5)14-18(3)16-24(22)26/h7-9,11-16,22H,6,10H2,1-5H3. The third-order valence-electron chi connectivity index (χ3n) is 5.72. The van der Waals surface area contributed by atoms with Crippen molar-refractivity contribution >= 4 is 12.9 Å². The van der Waals surface area contributed by atoms with E-state index in [0.717, 1.165) is 35.1 Å². The number of hydrogen-bond donors (Lipinski definition) is 0. The van der Waals surface area contributed by atoms with Gasteiger partial charge in [-0.1, -0.05) is 66.9 Å². The highest BCUT2D eigenvalue weighted by Gasteiger charge is 2.38. The number of rotatable bonds is 3. The molecule has 0 atom stereocenters. The molecule has 3 aromatic rings. The van der Waals surface area contributed by atoms with Gasteiger partial charge in [-0.2, -0.15) is 0 Å². The summed E-state index contributed by atoms with van der Waals surface area (Å²) in [5.74, 6) is 1.51. The van der Waals surface area contributed by atoms with Crippen LogP contribution in [0.1, 0.15) is 59.1 Å². The molecule has 1 aliphatic heterocycles. The van der Waals surface area contributed by atoms with Crippen LogP contribution < -0.4 is 14.4 Å². The Balaban J connectivity index is 2.06. The van der Waals surface area contributed by atoms with E-state index in [2.05, 4.69) is 45.0 Å². The van der Waals surface area contributed by atoms with Gasteiger partial charge >= 0.3 is 7.60 Å². The Morgan fingerprint density at radius 3 is 1.77 bits per heavy atom. The average molecular weight is 420 g/mol. The van der Waals surface area contributed by atoms with Gasteiger partial charge in [0.1, 0.15) is 11.5 Å². The first-order valence-corrected chi connectivity index (χ1v) is 12.1. The van der Waals surface area contributed by atoms with Crippen LogP contribution >= 0.6 is 7.60 Å². The maximum atomic E-state index is 14.2. The number of aryl methyl sites for hydroxylation is 4. The van der Waals surface area contributed by atoms with E-state index in [1.165, 1.54) is 11.1 Å². The molecule has 4 heteroatoms. The third-order valence-corrected chi connectivity index (χ3v) is 7.50. The molecule has 0 unspecified atom stereocenters. The molecule has 156 valence electrons. The van der Waals surface area contributed by atoms with Gasteiger partial charge in [-0.25, -0.2) is 4.57 Å². The summed E-state index contributed by atoms with van der Waals surface area (Å²) in [6, 6.07) is 17.8. The molecule has 0 spiro atoms. The highest BCUT2D eigenvalue weighted by molar-refractivity contribution is 7.63. The molecule has 0 bridgehead atoms. The summed E-state index contributed by atoms with van der Waals surface area (Å²) in [4.78, 5) is 0. The predicted molar refractivity (Wildman–Crippen MR) is 124 cm³/mol. The van der Waals surface area contributed by atoms with Crippen LogP contribution in [0.3, 0.4) is 0 Å². The highest BCUT2D eigenvalue weighted by atomic mass is 31.2. The fourth-order valence-corrected chi connectivity index (χ4v) is 6.25. The van der Waals surface area contributed by atoms with Crippen LogP contribution in [0.2, 0.25) is 0 Å². The van der Waals surface area contributed by atoms with E-state index < -0.39 is 7.60 Å². The van der Waals surface area contributed by atoms with Crippen LogP contribution in [0, 0.1) is 27.7 Å². The molecular formula is C26H29O3P. The van der Waals surface area contributed by atoms with Gasteiger partial charge in [0, 0.05) is 17.0 Å². The van der Waals surface area contributed by atoms with Crippen molar-refractivity contribution < 1.29 is 13.6 Å². The summed E-state index contributed by atoms with van der Waals surface area (Å²) in [7, 11) is -3.63. The maximum absolute atomic E-state index is 14.2. The second kappa shape index (κ2) is 7.96. The van der Waals surface area contributed by atoms with E-state index in [-0.39, 0.29) is 5.92 Å². The van der Waals surface area contributed by atoms with E-state index in [4.69, 9.17) is 9.05 Å². The molecule has 0 N–H and O–H groups in total. The van der Waals surface area contributed by atoms with Crippen molar-refractivity contribution in [3.05, 3.63) is 88.0 Å². The van der Waals surface area contributed by atoms with Gasteiger partial charge in [0.25, 0.3) is 0 Å². The molecule has 0 aliphatic carbocycles. The van der Waals surface area contributed by atoms with Gasteiger partial charge in [0.15, 0.2) is 0 Å². The van der Waals surface area contributed by atoms with Crippen molar-refractivity contribution in [3.63, 3.8) is 0 Å². The summed E-state index contributed by atoms with van der Waals surface area (Å²) >= 11 is 0. The summed E-state index contributed by atoms with van der Waals surface area (Å²) in [5.41, 5.74) is 6.52. The third kappa shape index (κ3) is 3.68. The first-order valence-electron chi connectivity index (χ1n) is 10.6. The van der Waals surface area contributed by atoms with Gasteiger partial charge in [-0.15, -0.1) is 0 Å². The molecular weight excluding hydrogens is 391 g/mol. The second-order valence-corrected chi connectivity index (χ2v) is 10.2. The molecule has 0 saturated carbocycles. The number of fused-ring (bicyclic) bond motifs is 2. The van der Waals surface area contributed by atoms with Crippen molar-refractivity contribution in [1.29, 1.82) is 0 Å². The molecule has 0 radical (unpaired) electrons. The largest absolute Gasteiger partial charge is 0.462 e. The molecule has 0 fully saturated rings. The lowest BCUT2D eigenvalue weighted by Gasteiger charge is -2.32. The molecule has 4 rings (SSSR count). The normalized spacial score (nSPS) is 20.2. The lowest BCUT2D eigenvalue weighted by atomic mass is 9.83. The van der Waals surface area contributed by atoms with Gasteiger partial charge < -0.3 is 9.05 Å². The van der Waals surface area contributed by atoms with Crippen LogP contribution in [-0.4, -0.2) is 0 Å². The lowest BCUT2D eigenvalue weighted by molar-refractivity contribution is 0.384. The van der Waals surface area contributed by atoms with Crippen molar-refractivity contribution in [3.8, 4) is 11.5 Å². The molecule has 3 nitrogen and oxygen atoms in total. The van der Waals surface area contributed by atoms with Gasteiger partial charge in [0.2, 0.25) is 0 Å². The minimum atomic E-state index is -3.63. The summed E-state index contributed by atoms with van der Waals surface area (Å²) < 4.78 is 26.9. The Hall–Kier alpha value is -2.51. The minimum Gasteiger partial charge on any atom is -0.412 e. The number of benzene rings is 3. The Morgan fingerprint density at radius 1 is 0.800 bits per heavy atom. The molecule has 1 aliphatic rings. The molecule has 0 saturated heterocycles. The maximum Gasteiger partial charge on any atom is 0.462 e. The van der Waals surface area contributed by atoms with Gasteiger partial charge in [0.05, 0.1) is 5.30 Å². The highest BCUT2D eigenvalue weighted by Crippen LogP contribution is 2.56. The van der Waals surface area contributed by atoms with Gasteiger partial charge in [-0.05, 0) is 57.4 Å². The van der Waals surface area contributed by atoms with Crippen molar-refractivity contribution in [2.24, 2.45) is 0 Å². The Morgan fingerprint density at radius 2 is 1.30 bits per heavy atom. The van der Waals surface area contributed by atoms with Gasteiger partial charge in [-0.3, -0.25) is 0 Å². The predicted octanol–water partition coefficient (Wildman–Crippen LogP) is 7.14. The Labute approximate surface area is 179 Å². The van der Waals surface area contributed by atoms with Crippen LogP contribution in [-0.2, 0) is 4.57 Å². The van der Waals surface area contributed by atoms with Crippen LogP contribution in [0.25, 0.3) is 0 Å². The lowest BCUT2D eigenvalue weighted by Crippen LogP contribution is -2.20. The van der Waals surface area contributed by atoms with Crippen LogP contribution in [0.4, 0.5) is 0 Å². The Bertz CT molecular complexity index is 1070. The second-order valence-electron chi connectivity index (χ2n) is 8.36. The first-order chi connectivity index (χ1) is 14.3. The fourth-order valence-electron chi connectivity index (χ4n) is 4.48. The zero-order valence-corrected chi connectivity index (χ0v) is 19.3. The van der Waals surface area contributed by atoms with E-state index >= 15 is 0 Å². The van der Waals surface area contributed by atoms with E-state index in [0.29, 0.717) is 16.8 Å². The molecule has 0 amide bonds. The molecule has 3 aromatic carbocycles. The monoisotopic (exact) mass is 420 g/mol.